The Hall–Kier alpha value is -2.16. The van der Waals surface area contributed by atoms with Gasteiger partial charge < -0.3 is 10.2 Å². The first kappa shape index (κ1) is 15.2. The number of carbonyl (C=O) groups excluding carboxylic acids is 1. The number of thiophene rings is 1. The summed E-state index contributed by atoms with van der Waals surface area (Å²) in [4.78, 5) is 14.3. The van der Waals surface area contributed by atoms with Gasteiger partial charge in [-0.25, -0.2) is 0 Å². The van der Waals surface area contributed by atoms with Gasteiger partial charge in [0, 0.05) is 12.1 Å². The van der Waals surface area contributed by atoms with Crippen LogP contribution in [0.1, 0.15) is 27.5 Å². The highest BCUT2D eigenvalue weighted by molar-refractivity contribution is 7.07. The lowest BCUT2D eigenvalue weighted by Gasteiger charge is -2.24. The maximum Gasteiger partial charge on any atom is 0.251 e. The molecule has 0 aliphatic carbocycles. The average molecular weight is 299 g/mol. The minimum absolute atomic E-state index is 0.138. The molecule has 0 aliphatic heterocycles. The largest absolute Gasteiger partial charge is 0.350 e. The number of nitrogens with zero attached hydrogens (tertiary/aromatic N) is 2. The second kappa shape index (κ2) is 7.02. The van der Waals surface area contributed by atoms with E-state index >= 15 is 0 Å². The van der Waals surface area contributed by atoms with E-state index in [0.29, 0.717) is 17.7 Å². The molecule has 108 valence electrons. The van der Waals surface area contributed by atoms with E-state index < -0.39 is 0 Å². The Labute approximate surface area is 128 Å². The molecule has 5 heteroatoms. The SMILES string of the molecule is CN(C)[C@@H](CNC(=O)c1cccc(C#N)c1)c1ccsc1. The number of amides is 1. The van der Waals surface area contributed by atoms with E-state index in [1.54, 1.807) is 35.6 Å². The predicted octanol–water partition coefficient (Wildman–Crippen LogP) is 2.65. The molecule has 0 fully saturated rings. The van der Waals surface area contributed by atoms with Crippen LogP contribution in [-0.4, -0.2) is 31.4 Å². The van der Waals surface area contributed by atoms with Crippen molar-refractivity contribution in [2.24, 2.45) is 0 Å². The van der Waals surface area contributed by atoms with Crippen molar-refractivity contribution in [1.82, 2.24) is 10.2 Å². The van der Waals surface area contributed by atoms with Gasteiger partial charge in [0.1, 0.15) is 0 Å². The quantitative estimate of drug-likeness (QED) is 0.923. The lowest BCUT2D eigenvalue weighted by Crippen LogP contribution is -2.34. The van der Waals surface area contributed by atoms with Gasteiger partial charge in [0.25, 0.3) is 5.91 Å². The zero-order valence-corrected chi connectivity index (χ0v) is 12.9. The van der Waals surface area contributed by atoms with Crippen molar-refractivity contribution in [1.29, 1.82) is 5.26 Å². The molecule has 1 heterocycles. The van der Waals surface area contributed by atoms with Crippen LogP contribution in [0.2, 0.25) is 0 Å². The van der Waals surface area contributed by atoms with Gasteiger partial charge in [-0.2, -0.15) is 16.6 Å². The molecule has 1 amide bonds. The molecule has 0 saturated carbocycles. The number of likely N-dealkylation sites (N-methyl/N-ethyl adjacent to an activating group) is 1. The monoisotopic (exact) mass is 299 g/mol. The van der Waals surface area contributed by atoms with Crippen LogP contribution in [0.4, 0.5) is 0 Å². The van der Waals surface area contributed by atoms with Gasteiger partial charge >= 0.3 is 0 Å². The summed E-state index contributed by atoms with van der Waals surface area (Å²) >= 11 is 1.65. The molecule has 0 bridgehead atoms. The summed E-state index contributed by atoms with van der Waals surface area (Å²) in [6.45, 7) is 0.527. The summed E-state index contributed by atoms with van der Waals surface area (Å²) in [6, 6.07) is 11.0. The lowest BCUT2D eigenvalue weighted by molar-refractivity contribution is 0.0942. The van der Waals surface area contributed by atoms with Crippen molar-refractivity contribution in [3.63, 3.8) is 0 Å². The molecule has 0 spiro atoms. The van der Waals surface area contributed by atoms with Crippen molar-refractivity contribution in [3.05, 3.63) is 57.8 Å². The van der Waals surface area contributed by atoms with Gasteiger partial charge in [-0.15, -0.1) is 0 Å². The number of rotatable bonds is 5. The van der Waals surface area contributed by atoms with Crippen LogP contribution < -0.4 is 5.32 Å². The maximum absolute atomic E-state index is 12.2. The van der Waals surface area contributed by atoms with Crippen LogP contribution in [0.5, 0.6) is 0 Å². The topological polar surface area (TPSA) is 56.1 Å². The van der Waals surface area contributed by atoms with E-state index in [0.717, 1.165) is 0 Å². The van der Waals surface area contributed by atoms with Gasteiger partial charge in [0.15, 0.2) is 0 Å². The molecule has 0 aliphatic rings. The fraction of sp³-hybridized carbons (Fsp3) is 0.250. The highest BCUT2D eigenvalue weighted by Crippen LogP contribution is 2.20. The molecular formula is C16H17N3OS. The summed E-state index contributed by atoms with van der Waals surface area (Å²) in [6.07, 6.45) is 0. The lowest BCUT2D eigenvalue weighted by atomic mass is 10.1. The molecule has 0 unspecified atom stereocenters. The molecule has 2 aromatic rings. The van der Waals surface area contributed by atoms with Crippen LogP contribution in [0.3, 0.4) is 0 Å². The zero-order chi connectivity index (χ0) is 15.2. The molecule has 21 heavy (non-hydrogen) atoms. The van der Waals surface area contributed by atoms with Crippen LogP contribution in [0.15, 0.2) is 41.1 Å². The van der Waals surface area contributed by atoms with Gasteiger partial charge in [-0.05, 0) is 54.7 Å². The van der Waals surface area contributed by atoms with Crippen LogP contribution in [0.25, 0.3) is 0 Å². The van der Waals surface area contributed by atoms with E-state index in [1.807, 2.05) is 25.5 Å². The molecule has 1 aromatic heterocycles. The third-order valence-corrected chi connectivity index (χ3v) is 3.96. The Balaban J connectivity index is 2.04. The third-order valence-electron chi connectivity index (χ3n) is 3.26. The Kier molecular flexibility index (Phi) is 5.09. The Morgan fingerprint density at radius 2 is 2.24 bits per heavy atom. The number of nitrogens with one attached hydrogen (secondary N) is 1. The molecule has 1 N–H and O–H groups in total. The highest BCUT2D eigenvalue weighted by Gasteiger charge is 2.16. The fourth-order valence-corrected chi connectivity index (χ4v) is 2.79. The number of nitriles is 1. The Bertz CT molecular complexity index is 644. The van der Waals surface area contributed by atoms with E-state index in [9.17, 15) is 4.79 Å². The molecular weight excluding hydrogens is 282 g/mol. The van der Waals surface area contributed by atoms with Gasteiger partial charge in [0.05, 0.1) is 17.7 Å². The summed E-state index contributed by atoms with van der Waals surface area (Å²) < 4.78 is 0. The molecule has 4 nitrogen and oxygen atoms in total. The average Bonchev–Trinajstić information content (AvgIpc) is 3.01. The minimum Gasteiger partial charge on any atom is -0.350 e. The van der Waals surface area contributed by atoms with Crippen LogP contribution >= 0.6 is 11.3 Å². The van der Waals surface area contributed by atoms with Crippen molar-refractivity contribution in [2.75, 3.05) is 20.6 Å². The zero-order valence-electron chi connectivity index (χ0n) is 12.0. The second-order valence-electron chi connectivity index (χ2n) is 4.94. The smallest absolute Gasteiger partial charge is 0.251 e. The van der Waals surface area contributed by atoms with Crippen molar-refractivity contribution in [3.8, 4) is 6.07 Å². The van der Waals surface area contributed by atoms with Crippen molar-refractivity contribution in [2.45, 2.75) is 6.04 Å². The standard InChI is InChI=1S/C16H17N3OS/c1-19(2)15(14-6-7-21-11-14)10-18-16(20)13-5-3-4-12(8-13)9-17/h3-8,11,15H,10H2,1-2H3,(H,18,20)/t15-/m0/s1. The predicted molar refractivity (Wildman–Crippen MR) is 84.2 cm³/mol. The summed E-state index contributed by atoms with van der Waals surface area (Å²) in [5.41, 5.74) is 2.19. The highest BCUT2D eigenvalue weighted by atomic mass is 32.1. The van der Waals surface area contributed by atoms with E-state index in [2.05, 4.69) is 21.7 Å². The first-order chi connectivity index (χ1) is 10.1. The molecule has 2 rings (SSSR count). The van der Waals surface area contributed by atoms with E-state index in [1.165, 1.54) is 5.56 Å². The van der Waals surface area contributed by atoms with Crippen LogP contribution in [0, 0.1) is 11.3 Å². The van der Waals surface area contributed by atoms with E-state index in [-0.39, 0.29) is 11.9 Å². The first-order valence-corrected chi connectivity index (χ1v) is 7.53. The Morgan fingerprint density at radius 1 is 1.43 bits per heavy atom. The molecule has 1 atom stereocenters. The van der Waals surface area contributed by atoms with Gasteiger partial charge in [-0.1, -0.05) is 6.07 Å². The fourth-order valence-electron chi connectivity index (χ4n) is 2.08. The third kappa shape index (κ3) is 3.91. The Morgan fingerprint density at radius 3 is 2.86 bits per heavy atom. The van der Waals surface area contributed by atoms with E-state index in [4.69, 9.17) is 5.26 Å². The number of benzene rings is 1. The summed E-state index contributed by atoms with van der Waals surface area (Å²) in [5.74, 6) is -0.158. The van der Waals surface area contributed by atoms with Gasteiger partial charge in [0.2, 0.25) is 0 Å². The number of hydrogen-bond donors (Lipinski definition) is 1. The normalized spacial score (nSPS) is 11.9. The number of carbonyl (C=O) groups is 1. The van der Waals surface area contributed by atoms with Gasteiger partial charge in [-0.3, -0.25) is 4.79 Å². The second-order valence-corrected chi connectivity index (χ2v) is 5.72. The van der Waals surface area contributed by atoms with Crippen molar-refractivity contribution < 1.29 is 4.79 Å². The summed E-state index contributed by atoms with van der Waals surface area (Å²) in [5, 5.41) is 15.9. The molecule has 0 radical (unpaired) electrons. The summed E-state index contributed by atoms with van der Waals surface area (Å²) in [7, 11) is 3.98. The first-order valence-electron chi connectivity index (χ1n) is 6.58. The number of hydrogen-bond acceptors (Lipinski definition) is 4. The minimum atomic E-state index is -0.158. The maximum atomic E-state index is 12.2. The molecule has 0 saturated heterocycles. The molecule has 1 aromatic carbocycles. The van der Waals surface area contributed by atoms with Crippen LogP contribution in [-0.2, 0) is 0 Å². The van der Waals surface area contributed by atoms with Crippen molar-refractivity contribution >= 4 is 17.2 Å².